The first-order chi connectivity index (χ1) is 16.3. The molecule has 0 spiro atoms. The van der Waals surface area contributed by atoms with E-state index >= 15 is 0 Å². The molecule has 35 heavy (non-hydrogen) atoms. The number of amides is 1. The van der Waals surface area contributed by atoms with Crippen LogP contribution in [-0.4, -0.2) is 33.2 Å². The van der Waals surface area contributed by atoms with Crippen molar-refractivity contribution in [2.45, 2.75) is 52.3 Å². The molecule has 1 atom stereocenters. The van der Waals surface area contributed by atoms with Gasteiger partial charge in [-0.2, -0.15) is 13.2 Å². The van der Waals surface area contributed by atoms with Crippen LogP contribution in [0, 0.1) is 5.92 Å². The van der Waals surface area contributed by atoms with E-state index in [1.54, 1.807) is 6.20 Å². The summed E-state index contributed by atoms with van der Waals surface area (Å²) in [6.45, 7) is 8.34. The summed E-state index contributed by atoms with van der Waals surface area (Å²) >= 11 is 0. The summed E-state index contributed by atoms with van der Waals surface area (Å²) in [6.07, 6.45) is -2.98. The number of aliphatic carboxylic acids is 1. The minimum Gasteiger partial charge on any atom is -0.505 e. The number of fused-ring (bicyclic) bond motifs is 1. The molecule has 0 fully saturated rings. The van der Waals surface area contributed by atoms with E-state index in [0.29, 0.717) is 23.4 Å². The van der Waals surface area contributed by atoms with E-state index in [1.165, 1.54) is 5.56 Å². The van der Waals surface area contributed by atoms with Gasteiger partial charge in [-0.05, 0) is 29.0 Å². The summed E-state index contributed by atoms with van der Waals surface area (Å²) in [5, 5.41) is 22.0. The van der Waals surface area contributed by atoms with E-state index < -0.39 is 18.2 Å². The van der Waals surface area contributed by atoms with Crippen molar-refractivity contribution in [3.63, 3.8) is 0 Å². The summed E-state index contributed by atoms with van der Waals surface area (Å²) in [6, 6.07) is 15.3. The van der Waals surface area contributed by atoms with Crippen molar-refractivity contribution in [1.82, 2.24) is 10.3 Å². The number of hydrogen-bond acceptors (Lipinski definition) is 4. The molecule has 1 amide bonds. The zero-order valence-corrected chi connectivity index (χ0v) is 19.9. The SMILES string of the molecule is CC(C)CC(=O)NC(c1ccc(C(C)C)cc1)c1ccc2cccnc2c1O.O=C(O)C(F)(F)F. The smallest absolute Gasteiger partial charge is 0.490 e. The minimum atomic E-state index is -5.08. The zero-order valence-electron chi connectivity index (χ0n) is 19.9. The van der Waals surface area contributed by atoms with Gasteiger partial charge in [-0.1, -0.05) is 70.2 Å². The molecule has 1 heterocycles. The van der Waals surface area contributed by atoms with Crippen LogP contribution in [0.3, 0.4) is 0 Å². The molecule has 3 N–H and O–H groups in total. The number of carbonyl (C=O) groups is 2. The third-order valence-electron chi connectivity index (χ3n) is 5.17. The van der Waals surface area contributed by atoms with Gasteiger partial charge in [-0.15, -0.1) is 0 Å². The maximum absolute atomic E-state index is 12.6. The molecule has 0 aliphatic heterocycles. The van der Waals surface area contributed by atoms with Crippen LogP contribution >= 0.6 is 0 Å². The Morgan fingerprint density at radius 3 is 2.06 bits per heavy atom. The van der Waals surface area contributed by atoms with Crippen LogP contribution in [0.5, 0.6) is 5.75 Å². The number of hydrogen-bond donors (Lipinski definition) is 3. The lowest BCUT2D eigenvalue weighted by Crippen LogP contribution is -2.30. The third-order valence-corrected chi connectivity index (χ3v) is 5.17. The number of carboxylic acids is 1. The summed E-state index contributed by atoms with van der Waals surface area (Å²) < 4.78 is 31.7. The maximum Gasteiger partial charge on any atom is 0.490 e. The maximum atomic E-state index is 12.6. The Balaban J connectivity index is 0.000000540. The first kappa shape index (κ1) is 27.6. The highest BCUT2D eigenvalue weighted by Crippen LogP contribution is 2.35. The second-order valence-corrected chi connectivity index (χ2v) is 8.80. The van der Waals surface area contributed by atoms with Gasteiger partial charge in [-0.25, -0.2) is 4.79 Å². The van der Waals surface area contributed by atoms with Crippen LogP contribution in [0.4, 0.5) is 13.2 Å². The van der Waals surface area contributed by atoms with Gasteiger partial charge in [-0.3, -0.25) is 9.78 Å². The number of rotatable bonds is 6. The number of aromatic nitrogens is 1. The molecule has 6 nitrogen and oxygen atoms in total. The van der Waals surface area contributed by atoms with Crippen LogP contribution < -0.4 is 5.32 Å². The van der Waals surface area contributed by atoms with Gasteiger partial charge in [0.15, 0.2) is 0 Å². The molecule has 0 aliphatic rings. The van der Waals surface area contributed by atoms with E-state index in [0.717, 1.165) is 10.9 Å². The predicted octanol–water partition coefficient (Wildman–Crippen LogP) is 5.95. The number of carboxylic acid groups (broad SMARTS) is 1. The fourth-order valence-electron chi connectivity index (χ4n) is 3.38. The Kier molecular flexibility index (Phi) is 9.22. The van der Waals surface area contributed by atoms with Crippen molar-refractivity contribution >= 4 is 22.8 Å². The third kappa shape index (κ3) is 7.70. The number of nitrogens with zero attached hydrogens (tertiary/aromatic N) is 1. The number of phenols is 1. The average molecular weight is 491 g/mol. The molecule has 0 saturated carbocycles. The fraction of sp³-hybridized carbons (Fsp3) is 0.346. The highest BCUT2D eigenvalue weighted by atomic mass is 19.4. The molecule has 188 valence electrons. The van der Waals surface area contributed by atoms with Crippen molar-refractivity contribution in [3.8, 4) is 5.75 Å². The van der Waals surface area contributed by atoms with Gasteiger partial charge in [0, 0.05) is 23.6 Å². The molecule has 1 aromatic heterocycles. The highest BCUT2D eigenvalue weighted by molar-refractivity contribution is 5.86. The van der Waals surface area contributed by atoms with Crippen molar-refractivity contribution in [2.24, 2.45) is 5.92 Å². The van der Waals surface area contributed by atoms with Crippen molar-refractivity contribution in [2.75, 3.05) is 0 Å². The Hall–Kier alpha value is -3.62. The number of pyridine rings is 1. The lowest BCUT2D eigenvalue weighted by atomic mass is 9.93. The van der Waals surface area contributed by atoms with Crippen molar-refractivity contribution in [3.05, 3.63) is 71.4 Å². The molecular formula is C26H29F3N2O4. The molecule has 0 radical (unpaired) electrons. The molecule has 0 saturated heterocycles. The van der Waals surface area contributed by atoms with Crippen molar-refractivity contribution in [1.29, 1.82) is 0 Å². The molecule has 0 aliphatic carbocycles. The topological polar surface area (TPSA) is 99.5 Å². The van der Waals surface area contributed by atoms with Crippen molar-refractivity contribution < 1.29 is 33.0 Å². The van der Waals surface area contributed by atoms with Gasteiger partial charge in [0.2, 0.25) is 5.91 Å². The summed E-state index contributed by atoms with van der Waals surface area (Å²) in [5.41, 5.74) is 3.37. The molecule has 3 rings (SSSR count). The Labute approximate surface area is 201 Å². The molecule has 1 unspecified atom stereocenters. The first-order valence-electron chi connectivity index (χ1n) is 11.1. The lowest BCUT2D eigenvalue weighted by molar-refractivity contribution is -0.192. The zero-order chi connectivity index (χ0) is 26.3. The standard InChI is InChI=1S/C24H28N2O2.C2HF3O2/c1-15(2)14-21(27)26-22(19-9-7-17(8-10-19)16(3)4)20-12-11-18-6-5-13-25-23(18)24(20)28;3-2(4,5)1(6)7/h5-13,15-16,22,28H,14H2,1-4H3,(H,26,27);(H,6,7). The highest BCUT2D eigenvalue weighted by Gasteiger charge is 2.38. The van der Waals surface area contributed by atoms with Gasteiger partial charge < -0.3 is 15.5 Å². The largest absolute Gasteiger partial charge is 0.505 e. The van der Waals surface area contributed by atoms with E-state index in [-0.39, 0.29) is 17.6 Å². The van der Waals surface area contributed by atoms with Crippen LogP contribution in [-0.2, 0) is 9.59 Å². The molecule has 0 bridgehead atoms. The Morgan fingerprint density at radius 2 is 1.54 bits per heavy atom. The van der Waals surface area contributed by atoms with Gasteiger partial charge >= 0.3 is 12.1 Å². The molecule has 2 aromatic carbocycles. The number of carbonyl (C=O) groups excluding carboxylic acids is 1. The van der Waals surface area contributed by atoms with E-state index in [1.807, 2.05) is 50.2 Å². The van der Waals surface area contributed by atoms with E-state index in [2.05, 4.69) is 36.3 Å². The lowest BCUT2D eigenvalue weighted by Gasteiger charge is -2.22. The Morgan fingerprint density at radius 1 is 0.971 bits per heavy atom. The predicted molar refractivity (Wildman–Crippen MR) is 127 cm³/mol. The number of halogens is 3. The number of alkyl halides is 3. The second kappa shape index (κ2) is 11.7. The van der Waals surface area contributed by atoms with Crippen LogP contribution in [0.15, 0.2) is 54.7 Å². The number of benzene rings is 2. The monoisotopic (exact) mass is 490 g/mol. The molecule has 9 heteroatoms. The first-order valence-corrected chi connectivity index (χ1v) is 11.1. The van der Waals surface area contributed by atoms with Gasteiger partial charge in [0.25, 0.3) is 0 Å². The van der Waals surface area contributed by atoms with Crippen LogP contribution in [0.1, 0.15) is 62.8 Å². The van der Waals surface area contributed by atoms with Gasteiger partial charge in [0.05, 0.1) is 6.04 Å². The van der Waals surface area contributed by atoms with E-state index in [4.69, 9.17) is 9.90 Å². The number of nitrogens with one attached hydrogen (secondary N) is 1. The van der Waals surface area contributed by atoms with E-state index in [9.17, 15) is 23.1 Å². The number of aromatic hydroxyl groups is 1. The summed E-state index contributed by atoms with van der Waals surface area (Å²) in [5.74, 6) is -1.99. The minimum absolute atomic E-state index is 0.0338. The molecular weight excluding hydrogens is 461 g/mol. The quantitative estimate of drug-likeness (QED) is 0.397. The summed E-state index contributed by atoms with van der Waals surface area (Å²) in [7, 11) is 0. The Bertz CT molecular complexity index is 1160. The average Bonchev–Trinajstić information content (AvgIpc) is 2.77. The van der Waals surface area contributed by atoms with Crippen LogP contribution in [0.25, 0.3) is 10.9 Å². The van der Waals surface area contributed by atoms with Crippen LogP contribution in [0.2, 0.25) is 0 Å². The second-order valence-electron chi connectivity index (χ2n) is 8.80. The number of phenolic OH excluding ortho intramolecular Hbond substituents is 1. The normalized spacial score (nSPS) is 12.3. The molecule has 3 aromatic rings. The summed E-state index contributed by atoms with van der Waals surface area (Å²) in [4.78, 5) is 25.8. The fourth-order valence-corrected chi connectivity index (χ4v) is 3.38. The van der Waals surface area contributed by atoms with Gasteiger partial charge in [0.1, 0.15) is 11.3 Å².